The van der Waals surface area contributed by atoms with Gasteiger partial charge in [0.15, 0.2) is 5.82 Å². The molecule has 0 atom stereocenters. The van der Waals surface area contributed by atoms with Crippen LogP contribution in [0.15, 0.2) is 34.9 Å². The number of anilines is 1. The summed E-state index contributed by atoms with van der Waals surface area (Å²) >= 11 is 3.59. The number of nitrogens with zero attached hydrogens (tertiary/aromatic N) is 3. The summed E-state index contributed by atoms with van der Waals surface area (Å²) in [5, 5.41) is 6.85. The Labute approximate surface area is 132 Å². The Kier molecular flexibility index (Phi) is 3.68. The molecule has 2 aromatic heterocycles. The van der Waals surface area contributed by atoms with Crippen molar-refractivity contribution in [2.24, 2.45) is 0 Å². The van der Waals surface area contributed by atoms with Crippen LogP contribution in [-0.4, -0.2) is 14.8 Å². The van der Waals surface area contributed by atoms with E-state index >= 15 is 0 Å². The van der Waals surface area contributed by atoms with Crippen LogP contribution in [0.4, 0.5) is 5.69 Å². The number of nitrogen functional groups attached to an aromatic ring is 1. The molecular weight excluding hydrogens is 328 g/mol. The SMILES string of the molecule is CCc1nn(-c2nccc3c(Br)cccc23)c(CC)c1N. The van der Waals surface area contributed by atoms with E-state index in [9.17, 15) is 0 Å². The van der Waals surface area contributed by atoms with Gasteiger partial charge in [0.1, 0.15) is 0 Å². The van der Waals surface area contributed by atoms with Crippen LogP contribution in [0.25, 0.3) is 16.6 Å². The number of pyridine rings is 1. The fraction of sp³-hybridized carbons (Fsp3) is 0.250. The first-order valence-electron chi connectivity index (χ1n) is 7.07. The maximum Gasteiger partial charge on any atom is 0.161 e. The maximum atomic E-state index is 6.22. The lowest BCUT2D eigenvalue weighted by atomic mass is 10.1. The monoisotopic (exact) mass is 344 g/mol. The Morgan fingerprint density at radius 2 is 1.95 bits per heavy atom. The second-order valence-corrected chi connectivity index (χ2v) is 5.75. The van der Waals surface area contributed by atoms with Crippen molar-refractivity contribution in [3.05, 3.63) is 46.3 Å². The topological polar surface area (TPSA) is 56.7 Å². The number of hydrogen-bond donors (Lipinski definition) is 1. The van der Waals surface area contributed by atoms with E-state index in [1.54, 1.807) is 0 Å². The van der Waals surface area contributed by atoms with Crippen LogP contribution < -0.4 is 5.73 Å². The Hall–Kier alpha value is -1.88. The molecule has 21 heavy (non-hydrogen) atoms. The molecule has 0 spiro atoms. The van der Waals surface area contributed by atoms with Crippen LogP contribution in [0.2, 0.25) is 0 Å². The number of rotatable bonds is 3. The first kappa shape index (κ1) is 14.1. The minimum atomic E-state index is 0.786. The molecule has 3 rings (SSSR count). The van der Waals surface area contributed by atoms with Gasteiger partial charge in [0.05, 0.1) is 17.1 Å². The molecule has 0 saturated heterocycles. The molecule has 4 nitrogen and oxygen atoms in total. The largest absolute Gasteiger partial charge is 0.396 e. The van der Waals surface area contributed by atoms with Gasteiger partial charge in [-0.2, -0.15) is 5.10 Å². The molecule has 0 aliphatic carbocycles. The molecule has 0 aliphatic rings. The number of nitrogens with two attached hydrogens (primary N) is 1. The summed E-state index contributed by atoms with van der Waals surface area (Å²) in [4.78, 5) is 4.54. The van der Waals surface area contributed by atoms with Gasteiger partial charge in [-0.3, -0.25) is 0 Å². The Balaban J connectivity index is 2.33. The number of fused-ring (bicyclic) bond motifs is 1. The number of hydrogen-bond acceptors (Lipinski definition) is 3. The summed E-state index contributed by atoms with van der Waals surface area (Å²) < 4.78 is 2.95. The van der Waals surface area contributed by atoms with E-state index in [1.165, 1.54) is 0 Å². The van der Waals surface area contributed by atoms with Gasteiger partial charge in [-0.25, -0.2) is 9.67 Å². The van der Waals surface area contributed by atoms with Crippen molar-refractivity contribution < 1.29 is 0 Å². The van der Waals surface area contributed by atoms with Crippen LogP contribution in [0.5, 0.6) is 0 Å². The van der Waals surface area contributed by atoms with E-state index in [0.717, 1.165) is 51.0 Å². The summed E-state index contributed by atoms with van der Waals surface area (Å²) in [6.07, 6.45) is 3.45. The van der Waals surface area contributed by atoms with Crippen molar-refractivity contribution in [2.45, 2.75) is 26.7 Å². The van der Waals surface area contributed by atoms with Crippen molar-refractivity contribution in [3.63, 3.8) is 0 Å². The quantitative estimate of drug-likeness (QED) is 0.784. The smallest absolute Gasteiger partial charge is 0.161 e. The molecule has 0 aliphatic heterocycles. The summed E-state index contributed by atoms with van der Waals surface area (Å²) in [6, 6.07) is 8.10. The van der Waals surface area contributed by atoms with Gasteiger partial charge in [0.2, 0.25) is 0 Å². The van der Waals surface area contributed by atoms with Crippen LogP contribution >= 0.6 is 15.9 Å². The third-order valence-corrected chi connectivity index (χ3v) is 4.39. The zero-order valence-electron chi connectivity index (χ0n) is 12.1. The Morgan fingerprint density at radius 3 is 2.67 bits per heavy atom. The summed E-state index contributed by atoms with van der Waals surface area (Å²) in [5.41, 5.74) is 8.95. The van der Waals surface area contributed by atoms with Gasteiger partial charge >= 0.3 is 0 Å². The van der Waals surface area contributed by atoms with E-state index in [2.05, 4.69) is 45.9 Å². The summed E-state index contributed by atoms with van der Waals surface area (Å²) in [5.74, 6) is 0.831. The highest BCUT2D eigenvalue weighted by atomic mass is 79.9. The third-order valence-electron chi connectivity index (χ3n) is 3.70. The molecule has 0 bridgehead atoms. The second kappa shape index (κ2) is 5.48. The molecule has 0 unspecified atom stereocenters. The van der Waals surface area contributed by atoms with Crippen LogP contribution in [0, 0.1) is 0 Å². The lowest BCUT2D eigenvalue weighted by molar-refractivity contribution is 0.779. The molecule has 2 heterocycles. The molecule has 0 saturated carbocycles. The number of aromatic nitrogens is 3. The lowest BCUT2D eigenvalue weighted by Crippen LogP contribution is -2.05. The lowest BCUT2D eigenvalue weighted by Gasteiger charge is -2.09. The van der Waals surface area contributed by atoms with Crippen LogP contribution in [0.3, 0.4) is 0 Å². The average molecular weight is 345 g/mol. The van der Waals surface area contributed by atoms with Crippen molar-refractivity contribution >= 4 is 32.4 Å². The fourth-order valence-corrected chi connectivity index (χ4v) is 3.11. The Morgan fingerprint density at radius 1 is 1.14 bits per heavy atom. The fourth-order valence-electron chi connectivity index (χ4n) is 2.61. The molecule has 2 N–H and O–H groups in total. The van der Waals surface area contributed by atoms with Gasteiger partial charge in [0.25, 0.3) is 0 Å². The summed E-state index contributed by atoms with van der Waals surface area (Å²) in [6.45, 7) is 4.15. The second-order valence-electron chi connectivity index (χ2n) is 4.90. The van der Waals surface area contributed by atoms with Gasteiger partial charge < -0.3 is 5.73 Å². The molecule has 1 aromatic carbocycles. The number of benzene rings is 1. The summed E-state index contributed by atoms with van der Waals surface area (Å²) in [7, 11) is 0. The zero-order chi connectivity index (χ0) is 15.0. The van der Waals surface area contributed by atoms with E-state index in [1.807, 2.05) is 29.1 Å². The maximum absolute atomic E-state index is 6.22. The highest BCUT2D eigenvalue weighted by molar-refractivity contribution is 9.10. The van der Waals surface area contributed by atoms with E-state index in [-0.39, 0.29) is 0 Å². The molecule has 0 fully saturated rings. The van der Waals surface area contributed by atoms with E-state index < -0.39 is 0 Å². The van der Waals surface area contributed by atoms with Gasteiger partial charge in [0, 0.05) is 21.4 Å². The Bertz CT molecular complexity index is 807. The standard InChI is InChI=1S/C16H17BrN4/c1-3-13-15(18)14(4-2)21(20-13)16-11-6-5-7-12(17)10(11)8-9-19-16/h5-9H,3-4,18H2,1-2H3. The predicted octanol–water partition coefficient (Wildman–Crippen LogP) is 3.89. The number of halogens is 1. The molecule has 0 amide bonds. The van der Waals surface area contributed by atoms with Gasteiger partial charge in [-0.05, 0) is 25.0 Å². The average Bonchev–Trinajstić information content (AvgIpc) is 2.83. The highest BCUT2D eigenvalue weighted by Crippen LogP contribution is 2.29. The van der Waals surface area contributed by atoms with E-state index in [4.69, 9.17) is 5.73 Å². The van der Waals surface area contributed by atoms with Gasteiger partial charge in [-0.15, -0.1) is 0 Å². The minimum Gasteiger partial charge on any atom is -0.396 e. The normalized spacial score (nSPS) is 11.2. The van der Waals surface area contributed by atoms with Crippen molar-refractivity contribution in [1.82, 2.24) is 14.8 Å². The predicted molar refractivity (Wildman–Crippen MR) is 89.7 cm³/mol. The molecular formula is C16H17BrN4. The van der Waals surface area contributed by atoms with Crippen LogP contribution in [-0.2, 0) is 12.8 Å². The first-order valence-corrected chi connectivity index (χ1v) is 7.86. The zero-order valence-corrected chi connectivity index (χ0v) is 13.7. The van der Waals surface area contributed by atoms with Gasteiger partial charge in [-0.1, -0.05) is 41.9 Å². The van der Waals surface area contributed by atoms with Crippen molar-refractivity contribution in [2.75, 3.05) is 5.73 Å². The first-order chi connectivity index (χ1) is 10.2. The van der Waals surface area contributed by atoms with E-state index in [0.29, 0.717) is 0 Å². The van der Waals surface area contributed by atoms with Crippen molar-refractivity contribution in [1.29, 1.82) is 0 Å². The molecule has 5 heteroatoms. The minimum absolute atomic E-state index is 0.786. The molecule has 108 valence electrons. The third kappa shape index (κ3) is 2.21. The van der Waals surface area contributed by atoms with Crippen LogP contribution in [0.1, 0.15) is 25.2 Å². The highest BCUT2D eigenvalue weighted by Gasteiger charge is 2.16. The molecule has 0 radical (unpaired) electrons. The number of aryl methyl sites for hydroxylation is 1. The molecule has 3 aromatic rings. The van der Waals surface area contributed by atoms with Crippen molar-refractivity contribution in [3.8, 4) is 5.82 Å².